The van der Waals surface area contributed by atoms with Gasteiger partial charge in [-0.15, -0.1) is 11.8 Å². The van der Waals surface area contributed by atoms with Crippen LogP contribution in [0.15, 0.2) is 29.2 Å². The lowest BCUT2D eigenvalue weighted by Gasteiger charge is -2.35. The molecule has 0 aliphatic carbocycles. The molecule has 0 saturated carbocycles. The average Bonchev–Trinajstić information content (AvgIpc) is 2.62. The first kappa shape index (κ1) is 20.6. The van der Waals surface area contributed by atoms with Gasteiger partial charge in [0.05, 0.1) is 5.25 Å². The zero-order valence-electron chi connectivity index (χ0n) is 15.5. The Morgan fingerprint density at radius 1 is 1.16 bits per heavy atom. The number of hydrogen-bond acceptors (Lipinski definition) is 4. The first-order chi connectivity index (χ1) is 12.0. The second kappa shape index (κ2) is 10.4. The Bertz CT molecular complexity index is 532. The molecule has 1 amide bonds. The van der Waals surface area contributed by atoms with Crippen molar-refractivity contribution >= 4 is 29.3 Å². The second-order valence-corrected chi connectivity index (χ2v) is 8.65. The molecular formula is C19H30ClN3OS. The maximum absolute atomic E-state index is 12.3. The molecule has 0 radical (unpaired) electrons. The van der Waals surface area contributed by atoms with E-state index in [1.54, 1.807) is 11.8 Å². The van der Waals surface area contributed by atoms with E-state index in [1.807, 2.05) is 31.2 Å². The highest BCUT2D eigenvalue weighted by Crippen LogP contribution is 2.24. The Hall–Kier alpha value is -0.750. The summed E-state index contributed by atoms with van der Waals surface area (Å²) in [6.45, 7) is 13.9. The summed E-state index contributed by atoms with van der Waals surface area (Å²) in [5, 5.41) is 3.71. The van der Waals surface area contributed by atoms with Crippen LogP contribution in [0.3, 0.4) is 0 Å². The van der Waals surface area contributed by atoms with Crippen molar-refractivity contribution < 1.29 is 4.79 Å². The molecule has 4 nitrogen and oxygen atoms in total. The van der Waals surface area contributed by atoms with E-state index < -0.39 is 0 Å². The largest absolute Gasteiger partial charge is 0.355 e. The fourth-order valence-electron chi connectivity index (χ4n) is 2.98. The summed E-state index contributed by atoms with van der Waals surface area (Å²) < 4.78 is 0. The van der Waals surface area contributed by atoms with Gasteiger partial charge in [0.25, 0.3) is 0 Å². The molecule has 1 fully saturated rings. The summed E-state index contributed by atoms with van der Waals surface area (Å²) in [6.07, 6.45) is 0. The molecule has 1 N–H and O–H groups in total. The number of likely N-dealkylation sites (N-methyl/N-ethyl adjacent to an activating group) is 1. The molecule has 1 heterocycles. The van der Waals surface area contributed by atoms with Gasteiger partial charge in [0.2, 0.25) is 5.91 Å². The summed E-state index contributed by atoms with van der Waals surface area (Å²) in [4.78, 5) is 18.4. The van der Waals surface area contributed by atoms with Crippen molar-refractivity contribution in [3.63, 3.8) is 0 Å². The topological polar surface area (TPSA) is 35.6 Å². The SMILES string of the molecule is CCN1CCN(CC(C)CNC(=O)C(C)Sc2ccc(Cl)cc2)CC1. The van der Waals surface area contributed by atoms with Crippen molar-refractivity contribution in [3.8, 4) is 0 Å². The second-order valence-electron chi connectivity index (χ2n) is 6.80. The molecule has 0 aromatic heterocycles. The van der Waals surface area contributed by atoms with Crippen molar-refractivity contribution in [2.75, 3.05) is 45.8 Å². The van der Waals surface area contributed by atoms with Gasteiger partial charge in [0.15, 0.2) is 0 Å². The summed E-state index contributed by atoms with van der Waals surface area (Å²) in [7, 11) is 0. The molecule has 1 saturated heterocycles. The normalized spacial score (nSPS) is 18.7. The number of hydrogen-bond donors (Lipinski definition) is 1. The van der Waals surface area contributed by atoms with Crippen molar-refractivity contribution in [2.24, 2.45) is 5.92 Å². The van der Waals surface area contributed by atoms with Crippen LogP contribution >= 0.6 is 23.4 Å². The molecule has 25 heavy (non-hydrogen) atoms. The minimum Gasteiger partial charge on any atom is -0.355 e. The van der Waals surface area contributed by atoms with E-state index in [2.05, 4.69) is 29.0 Å². The van der Waals surface area contributed by atoms with Crippen LogP contribution in [0.5, 0.6) is 0 Å². The Labute approximate surface area is 161 Å². The highest BCUT2D eigenvalue weighted by Gasteiger charge is 2.19. The summed E-state index contributed by atoms with van der Waals surface area (Å²) >= 11 is 7.46. The van der Waals surface area contributed by atoms with E-state index in [1.165, 1.54) is 0 Å². The fraction of sp³-hybridized carbons (Fsp3) is 0.632. The number of carbonyl (C=O) groups excluding carboxylic acids is 1. The van der Waals surface area contributed by atoms with Crippen LogP contribution in [0.1, 0.15) is 20.8 Å². The molecule has 0 spiro atoms. The van der Waals surface area contributed by atoms with Gasteiger partial charge in [-0.25, -0.2) is 0 Å². The molecule has 1 aliphatic heterocycles. The standard InChI is InChI=1S/C19H30ClN3OS/c1-4-22-9-11-23(12-10-22)14-15(2)13-21-19(24)16(3)25-18-7-5-17(20)6-8-18/h5-8,15-16H,4,9-14H2,1-3H3,(H,21,24). The van der Waals surface area contributed by atoms with Gasteiger partial charge in [0.1, 0.15) is 0 Å². The quantitative estimate of drug-likeness (QED) is 0.699. The van der Waals surface area contributed by atoms with Gasteiger partial charge in [0, 0.05) is 49.2 Å². The predicted molar refractivity (Wildman–Crippen MR) is 107 cm³/mol. The first-order valence-corrected chi connectivity index (χ1v) is 10.4. The number of amides is 1. The average molecular weight is 384 g/mol. The van der Waals surface area contributed by atoms with Gasteiger partial charge in [-0.1, -0.05) is 25.4 Å². The number of piperazine rings is 1. The van der Waals surface area contributed by atoms with Crippen LogP contribution in [0.4, 0.5) is 0 Å². The van der Waals surface area contributed by atoms with Crippen LogP contribution in [0, 0.1) is 5.92 Å². The Morgan fingerprint density at radius 2 is 1.76 bits per heavy atom. The third-order valence-corrected chi connectivity index (χ3v) is 5.97. The third-order valence-electron chi connectivity index (χ3n) is 4.60. The predicted octanol–water partition coefficient (Wildman–Crippen LogP) is 3.21. The number of thioether (sulfide) groups is 1. The van der Waals surface area contributed by atoms with Crippen molar-refractivity contribution in [2.45, 2.75) is 30.9 Å². The minimum atomic E-state index is -0.110. The molecular weight excluding hydrogens is 354 g/mol. The van der Waals surface area contributed by atoms with E-state index in [0.717, 1.165) is 55.7 Å². The Kier molecular flexibility index (Phi) is 8.56. The highest BCUT2D eigenvalue weighted by atomic mass is 35.5. The highest BCUT2D eigenvalue weighted by molar-refractivity contribution is 8.00. The van der Waals surface area contributed by atoms with Crippen molar-refractivity contribution in [1.82, 2.24) is 15.1 Å². The lowest BCUT2D eigenvalue weighted by molar-refractivity contribution is -0.120. The molecule has 140 valence electrons. The molecule has 0 bridgehead atoms. The van der Waals surface area contributed by atoms with Crippen LogP contribution in [0.2, 0.25) is 5.02 Å². The van der Waals surface area contributed by atoms with Crippen LogP contribution in [-0.2, 0) is 4.79 Å². The first-order valence-electron chi connectivity index (χ1n) is 9.12. The lowest BCUT2D eigenvalue weighted by Crippen LogP contribution is -2.48. The van der Waals surface area contributed by atoms with Crippen LogP contribution in [0.25, 0.3) is 0 Å². The molecule has 2 unspecified atom stereocenters. The summed E-state index contributed by atoms with van der Waals surface area (Å²) in [5.74, 6) is 0.562. The van der Waals surface area contributed by atoms with Gasteiger partial charge >= 0.3 is 0 Å². The number of nitrogens with zero attached hydrogens (tertiary/aromatic N) is 2. The molecule has 1 aliphatic rings. The number of benzene rings is 1. The number of carbonyl (C=O) groups is 1. The van der Waals surface area contributed by atoms with E-state index >= 15 is 0 Å². The van der Waals surface area contributed by atoms with Gasteiger partial charge in [-0.3, -0.25) is 4.79 Å². The Balaban J connectivity index is 1.67. The molecule has 1 aromatic rings. The maximum Gasteiger partial charge on any atom is 0.233 e. The van der Waals surface area contributed by atoms with Gasteiger partial charge in [-0.05, 0) is 43.7 Å². The molecule has 1 aromatic carbocycles. The van der Waals surface area contributed by atoms with E-state index in [-0.39, 0.29) is 11.2 Å². The Morgan fingerprint density at radius 3 is 2.36 bits per heavy atom. The molecule has 2 rings (SSSR count). The molecule has 2 atom stereocenters. The number of nitrogens with one attached hydrogen (secondary N) is 1. The van der Waals surface area contributed by atoms with Crippen LogP contribution < -0.4 is 5.32 Å². The van der Waals surface area contributed by atoms with Crippen molar-refractivity contribution in [3.05, 3.63) is 29.3 Å². The monoisotopic (exact) mass is 383 g/mol. The zero-order valence-corrected chi connectivity index (χ0v) is 17.1. The van der Waals surface area contributed by atoms with E-state index in [9.17, 15) is 4.79 Å². The maximum atomic E-state index is 12.3. The molecule has 6 heteroatoms. The number of halogens is 1. The summed E-state index contributed by atoms with van der Waals surface area (Å²) in [6, 6.07) is 7.62. The van der Waals surface area contributed by atoms with Crippen molar-refractivity contribution in [1.29, 1.82) is 0 Å². The smallest absolute Gasteiger partial charge is 0.233 e. The van der Waals surface area contributed by atoms with E-state index in [4.69, 9.17) is 11.6 Å². The fourth-order valence-corrected chi connectivity index (χ4v) is 4.00. The van der Waals surface area contributed by atoms with E-state index in [0.29, 0.717) is 5.92 Å². The third kappa shape index (κ3) is 7.18. The summed E-state index contributed by atoms with van der Waals surface area (Å²) in [5.41, 5.74) is 0. The lowest BCUT2D eigenvalue weighted by atomic mass is 10.1. The zero-order chi connectivity index (χ0) is 18.2. The van der Waals surface area contributed by atoms with Crippen LogP contribution in [-0.4, -0.2) is 66.8 Å². The van der Waals surface area contributed by atoms with Gasteiger partial charge < -0.3 is 15.1 Å². The van der Waals surface area contributed by atoms with Gasteiger partial charge in [-0.2, -0.15) is 0 Å². The number of rotatable bonds is 8. The minimum absolute atomic E-state index is 0.0996.